The minimum Gasteiger partial charge on any atom is -0.491 e. The molecule has 0 bridgehead atoms. The van der Waals surface area contributed by atoms with Gasteiger partial charge < -0.3 is 20.5 Å². The Labute approximate surface area is 146 Å². The lowest BCUT2D eigenvalue weighted by atomic mass is 10.0. The molecule has 24 heavy (non-hydrogen) atoms. The van der Waals surface area contributed by atoms with E-state index in [4.69, 9.17) is 15.2 Å². The molecule has 0 aliphatic rings. The Balaban J connectivity index is 2.33. The van der Waals surface area contributed by atoms with Crippen LogP contribution in [-0.2, 0) is 11.3 Å². The van der Waals surface area contributed by atoms with Crippen LogP contribution in [0.15, 0.2) is 29.3 Å². The fourth-order valence-corrected chi connectivity index (χ4v) is 2.31. The molecule has 0 fully saturated rings. The van der Waals surface area contributed by atoms with Crippen LogP contribution in [0.3, 0.4) is 0 Å². The molecule has 5 nitrogen and oxygen atoms in total. The van der Waals surface area contributed by atoms with Gasteiger partial charge in [0.15, 0.2) is 5.96 Å². The highest BCUT2D eigenvalue weighted by Gasteiger charge is 2.04. The van der Waals surface area contributed by atoms with Crippen LogP contribution in [-0.4, -0.2) is 32.3 Å². The van der Waals surface area contributed by atoms with Crippen LogP contribution in [0.5, 0.6) is 5.75 Å². The molecule has 0 aromatic heterocycles. The summed E-state index contributed by atoms with van der Waals surface area (Å²) in [7, 11) is 1.66. The molecule has 3 N–H and O–H groups in total. The Hall–Kier alpha value is -1.75. The van der Waals surface area contributed by atoms with Crippen LogP contribution in [0.2, 0.25) is 0 Å². The third-order valence-corrected chi connectivity index (χ3v) is 3.72. The Morgan fingerprint density at radius 1 is 1.12 bits per heavy atom. The lowest BCUT2D eigenvalue weighted by Gasteiger charge is -2.15. The van der Waals surface area contributed by atoms with Gasteiger partial charge in [-0.25, -0.2) is 4.99 Å². The van der Waals surface area contributed by atoms with Gasteiger partial charge in [-0.2, -0.15) is 0 Å². The molecule has 1 rings (SSSR count). The summed E-state index contributed by atoms with van der Waals surface area (Å²) in [6, 6.07) is 8.25. The smallest absolute Gasteiger partial charge is 0.189 e. The average Bonchev–Trinajstić information content (AvgIpc) is 2.54. The van der Waals surface area contributed by atoms with Gasteiger partial charge in [0.2, 0.25) is 0 Å². The standard InChI is InChI=1S/C19H33N3O2/c1-15(2)6-5-7-16(3)22-19(20)21-14-17-8-10-18(11-9-17)24-13-12-23-4/h8-11,15-16H,5-7,12-14H2,1-4H3,(H3,20,21,22). The quantitative estimate of drug-likeness (QED) is 0.370. The van der Waals surface area contributed by atoms with Gasteiger partial charge in [-0.15, -0.1) is 0 Å². The molecule has 0 aliphatic carbocycles. The van der Waals surface area contributed by atoms with E-state index in [-0.39, 0.29) is 0 Å². The first kappa shape index (κ1) is 20.3. The van der Waals surface area contributed by atoms with Crippen molar-refractivity contribution in [2.24, 2.45) is 16.6 Å². The first-order valence-electron chi connectivity index (χ1n) is 8.78. The number of aliphatic imine (C=N–C) groups is 1. The van der Waals surface area contributed by atoms with E-state index < -0.39 is 0 Å². The van der Waals surface area contributed by atoms with E-state index in [1.165, 1.54) is 12.8 Å². The zero-order valence-electron chi connectivity index (χ0n) is 15.5. The Morgan fingerprint density at radius 3 is 2.46 bits per heavy atom. The lowest BCUT2D eigenvalue weighted by molar-refractivity contribution is 0.146. The summed E-state index contributed by atoms with van der Waals surface area (Å²) in [4.78, 5) is 4.41. The van der Waals surface area contributed by atoms with Crippen LogP contribution in [0.4, 0.5) is 0 Å². The number of nitrogens with zero attached hydrogens (tertiary/aromatic N) is 1. The molecule has 0 aliphatic heterocycles. The van der Waals surface area contributed by atoms with E-state index >= 15 is 0 Å². The van der Waals surface area contributed by atoms with Crippen molar-refractivity contribution in [1.29, 1.82) is 0 Å². The fraction of sp³-hybridized carbons (Fsp3) is 0.632. The third kappa shape index (κ3) is 9.40. The second kappa shape index (κ2) is 11.7. The number of nitrogens with two attached hydrogens (primary N) is 1. The average molecular weight is 335 g/mol. The molecule has 1 aromatic rings. The summed E-state index contributed by atoms with van der Waals surface area (Å²) in [5, 5.41) is 3.26. The molecular weight excluding hydrogens is 302 g/mol. The topological polar surface area (TPSA) is 68.9 Å². The van der Waals surface area contributed by atoms with Gasteiger partial charge in [0.05, 0.1) is 13.2 Å². The van der Waals surface area contributed by atoms with E-state index in [0.29, 0.717) is 31.8 Å². The van der Waals surface area contributed by atoms with Crippen molar-refractivity contribution in [3.63, 3.8) is 0 Å². The van der Waals surface area contributed by atoms with Gasteiger partial charge in [0, 0.05) is 13.2 Å². The number of methoxy groups -OCH3 is 1. The molecule has 0 radical (unpaired) electrons. The van der Waals surface area contributed by atoms with Crippen molar-refractivity contribution in [3.8, 4) is 5.75 Å². The maximum atomic E-state index is 5.97. The summed E-state index contributed by atoms with van der Waals surface area (Å²) in [6.45, 7) is 8.36. The maximum absolute atomic E-state index is 5.97. The van der Waals surface area contributed by atoms with Gasteiger partial charge in [-0.3, -0.25) is 0 Å². The molecule has 0 saturated carbocycles. The molecule has 1 aromatic carbocycles. The van der Waals surface area contributed by atoms with Crippen LogP contribution in [0.1, 0.15) is 45.6 Å². The largest absolute Gasteiger partial charge is 0.491 e. The van der Waals surface area contributed by atoms with Gasteiger partial charge >= 0.3 is 0 Å². The predicted molar refractivity (Wildman–Crippen MR) is 100 cm³/mol. The van der Waals surface area contributed by atoms with Crippen LogP contribution < -0.4 is 15.8 Å². The second-order valence-corrected chi connectivity index (χ2v) is 6.56. The number of hydrogen-bond donors (Lipinski definition) is 2. The zero-order valence-corrected chi connectivity index (χ0v) is 15.5. The maximum Gasteiger partial charge on any atom is 0.189 e. The van der Waals surface area contributed by atoms with E-state index in [1.54, 1.807) is 7.11 Å². The summed E-state index contributed by atoms with van der Waals surface area (Å²) in [5.41, 5.74) is 7.07. The third-order valence-electron chi connectivity index (χ3n) is 3.72. The summed E-state index contributed by atoms with van der Waals surface area (Å²) in [5.74, 6) is 2.10. The van der Waals surface area contributed by atoms with Gasteiger partial charge in [0.25, 0.3) is 0 Å². The van der Waals surface area contributed by atoms with Crippen molar-refractivity contribution >= 4 is 5.96 Å². The summed E-state index contributed by atoms with van der Waals surface area (Å²) in [6.07, 6.45) is 3.58. The van der Waals surface area contributed by atoms with E-state index in [1.807, 2.05) is 24.3 Å². The molecule has 0 spiro atoms. The predicted octanol–water partition coefficient (Wildman–Crippen LogP) is 3.33. The molecule has 0 saturated heterocycles. The minimum atomic E-state index is 0.351. The number of guanidine groups is 1. The zero-order chi connectivity index (χ0) is 17.8. The van der Waals surface area contributed by atoms with Crippen molar-refractivity contribution < 1.29 is 9.47 Å². The number of hydrogen-bond acceptors (Lipinski definition) is 3. The number of nitrogens with one attached hydrogen (secondary N) is 1. The van der Waals surface area contributed by atoms with E-state index in [0.717, 1.165) is 23.7 Å². The molecule has 5 heteroatoms. The molecule has 136 valence electrons. The van der Waals surface area contributed by atoms with Crippen LogP contribution in [0, 0.1) is 5.92 Å². The molecule has 0 heterocycles. The van der Waals surface area contributed by atoms with Gasteiger partial charge in [-0.1, -0.05) is 38.8 Å². The van der Waals surface area contributed by atoms with Crippen molar-refractivity contribution in [3.05, 3.63) is 29.8 Å². The Kier molecular flexibility index (Phi) is 9.92. The normalized spacial score (nSPS) is 13.1. The molecule has 0 amide bonds. The fourth-order valence-electron chi connectivity index (χ4n) is 2.31. The molecule has 1 atom stereocenters. The molecular formula is C19H33N3O2. The highest BCUT2D eigenvalue weighted by Crippen LogP contribution is 2.13. The first-order chi connectivity index (χ1) is 11.5. The first-order valence-corrected chi connectivity index (χ1v) is 8.78. The van der Waals surface area contributed by atoms with Crippen molar-refractivity contribution in [2.75, 3.05) is 20.3 Å². The number of benzene rings is 1. The van der Waals surface area contributed by atoms with E-state index in [2.05, 4.69) is 31.1 Å². The second-order valence-electron chi connectivity index (χ2n) is 6.56. The van der Waals surface area contributed by atoms with E-state index in [9.17, 15) is 0 Å². The lowest BCUT2D eigenvalue weighted by Crippen LogP contribution is -2.38. The number of ether oxygens (including phenoxy) is 2. The Morgan fingerprint density at radius 2 is 1.83 bits per heavy atom. The van der Waals surface area contributed by atoms with Gasteiger partial charge in [-0.05, 0) is 37.0 Å². The monoisotopic (exact) mass is 335 g/mol. The summed E-state index contributed by atoms with van der Waals surface area (Å²) < 4.78 is 10.5. The number of rotatable bonds is 11. The SMILES string of the molecule is COCCOc1ccc(CN=C(N)NC(C)CCCC(C)C)cc1. The minimum absolute atomic E-state index is 0.351. The summed E-state index contributed by atoms with van der Waals surface area (Å²) >= 11 is 0. The van der Waals surface area contributed by atoms with Crippen molar-refractivity contribution in [1.82, 2.24) is 5.32 Å². The van der Waals surface area contributed by atoms with Crippen LogP contribution in [0.25, 0.3) is 0 Å². The molecule has 1 unspecified atom stereocenters. The van der Waals surface area contributed by atoms with Crippen LogP contribution >= 0.6 is 0 Å². The van der Waals surface area contributed by atoms with Crippen molar-refractivity contribution in [2.45, 2.75) is 52.6 Å². The highest BCUT2D eigenvalue weighted by atomic mass is 16.5. The Bertz CT molecular complexity index is 472. The highest BCUT2D eigenvalue weighted by molar-refractivity contribution is 5.78. The van der Waals surface area contributed by atoms with Gasteiger partial charge in [0.1, 0.15) is 12.4 Å².